The third-order valence-corrected chi connectivity index (χ3v) is 3.23. The van der Waals surface area contributed by atoms with Gasteiger partial charge in [0.25, 0.3) is 5.91 Å². The van der Waals surface area contributed by atoms with Crippen molar-refractivity contribution in [2.75, 3.05) is 12.4 Å². The van der Waals surface area contributed by atoms with E-state index < -0.39 is 11.4 Å². The van der Waals surface area contributed by atoms with Crippen LogP contribution in [-0.2, 0) is 9.53 Å². The molecule has 3 nitrogen and oxygen atoms in total. The first-order valence-corrected chi connectivity index (χ1v) is 5.96. The zero-order valence-electron chi connectivity index (χ0n) is 9.61. The molecule has 0 heterocycles. The number of carbonyl (C=O) groups excluding carboxylic acids is 1. The fourth-order valence-corrected chi connectivity index (χ4v) is 1.92. The molecule has 0 aliphatic heterocycles. The van der Waals surface area contributed by atoms with E-state index in [9.17, 15) is 9.18 Å². The minimum atomic E-state index is -0.989. The van der Waals surface area contributed by atoms with E-state index in [-0.39, 0.29) is 10.9 Å². The average Bonchev–Trinajstić information content (AvgIpc) is 2.22. The van der Waals surface area contributed by atoms with E-state index in [2.05, 4.69) is 21.2 Å². The molecule has 0 bridgehead atoms. The van der Waals surface area contributed by atoms with Crippen molar-refractivity contribution in [1.29, 1.82) is 0 Å². The number of halogens is 3. The summed E-state index contributed by atoms with van der Waals surface area (Å²) in [4.78, 5) is 11.8. The Hall–Kier alpha value is -0.650. The molecule has 1 aromatic rings. The maximum atomic E-state index is 13.0. The molecular formula is C11H12BrClFNO2. The number of carbonyl (C=O) groups is 1. The molecule has 1 aromatic carbocycles. The summed E-state index contributed by atoms with van der Waals surface area (Å²) < 4.78 is 18.4. The molecule has 6 heteroatoms. The molecule has 17 heavy (non-hydrogen) atoms. The van der Waals surface area contributed by atoms with Gasteiger partial charge in [0, 0.05) is 11.6 Å². The number of hydrogen-bond donors (Lipinski definition) is 1. The van der Waals surface area contributed by atoms with Crippen molar-refractivity contribution in [1.82, 2.24) is 0 Å². The summed E-state index contributed by atoms with van der Waals surface area (Å²) in [6.07, 6.45) is 0. The Morgan fingerprint density at radius 3 is 2.59 bits per heavy atom. The number of amides is 1. The Morgan fingerprint density at radius 2 is 2.12 bits per heavy atom. The number of hydrogen-bond acceptors (Lipinski definition) is 2. The van der Waals surface area contributed by atoms with Crippen molar-refractivity contribution in [3.63, 3.8) is 0 Å². The molecule has 0 unspecified atom stereocenters. The van der Waals surface area contributed by atoms with Crippen LogP contribution in [0.3, 0.4) is 0 Å². The van der Waals surface area contributed by atoms with Crippen LogP contribution < -0.4 is 5.32 Å². The summed E-state index contributed by atoms with van der Waals surface area (Å²) in [6.45, 7) is 3.24. The van der Waals surface area contributed by atoms with E-state index in [1.165, 1.54) is 13.2 Å². The molecule has 0 fully saturated rings. The topological polar surface area (TPSA) is 38.3 Å². The molecule has 0 saturated heterocycles. The maximum absolute atomic E-state index is 13.0. The van der Waals surface area contributed by atoms with Gasteiger partial charge in [-0.25, -0.2) is 4.39 Å². The molecule has 1 rings (SSSR count). The minimum absolute atomic E-state index is 0.122. The van der Waals surface area contributed by atoms with Crippen molar-refractivity contribution >= 4 is 39.1 Å². The summed E-state index contributed by atoms with van der Waals surface area (Å²) in [5, 5.41) is 2.71. The van der Waals surface area contributed by atoms with Crippen LogP contribution in [0.25, 0.3) is 0 Å². The van der Waals surface area contributed by atoms with Crippen molar-refractivity contribution in [3.8, 4) is 0 Å². The van der Waals surface area contributed by atoms with Gasteiger partial charge < -0.3 is 10.1 Å². The lowest BCUT2D eigenvalue weighted by atomic mass is 10.1. The molecule has 0 aromatic heterocycles. The maximum Gasteiger partial charge on any atom is 0.256 e. The van der Waals surface area contributed by atoms with Crippen LogP contribution in [0.1, 0.15) is 13.8 Å². The van der Waals surface area contributed by atoms with Gasteiger partial charge in [0.1, 0.15) is 11.4 Å². The Bertz CT molecular complexity index is 428. The van der Waals surface area contributed by atoms with Gasteiger partial charge in [-0.05, 0) is 41.9 Å². The van der Waals surface area contributed by atoms with Gasteiger partial charge in [0.2, 0.25) is 0 Å². The van der Waals surface area contributed by atoms with Gasteiger partial charge >= 0.3 is 0 Å². The minimum Gasteiger partial charge on any atom is -0.369 e. The average molecular weight is 325 g/mol. The number of methoxy groups -OCH3 is 1. The van der Waals surface area contributed by atoms with Gasteiger partial charge in [0.05, 0.1) is 10.7 Å². The van der Waals surface area contributed by atoms with Crippen LogP contribution in [0, 0.1) is 5.82 Å². The van der Waals surface area contributed by atoms with Gasteiger partial charge in [-0.2, -0.15) is 0 Å². The highest BCUT2D eigenvalue weighted by atomic mass is 79.9. The fraction of sp³-hybridized carbons (Fsp3) is 0.364. The second-order valence-corrected chi connectivity index (χ2v) is 5.17. The number of benzene rings is 1. The Kier molecular flexibility index (Phi) is 4.52. The summed E-state index contributed by atoms with van der Waals surface area (Å²) in [7, 11) is 1.43. The van der Waals surface area contributed by atoms with E-state index in [0.29, 0.717) is 10.2 Å². The zero-order chi connectivity index (χ0) is 13.2. The van der Waals surface area contributed by atoms with Gasteiger partial charge in [-0.15, -0.1) is 0 Å². The molecular weight excluding hydrogens is 312 g/mol. The lowest BCUT2D eigenvalue weighted by Gasteiger charge is -2.22. The normalized spacial score (nSPS) is 11.4. The molecule has 0 aliphatic rings. The summed E-state index contributed by atoms with van der Waals surface area (Å²) in [5.41, 5.74) is -0.667. The van der Waals surface area contributed by atoms with E-state index in [0.717, 1.165) is 6.07 Å². The van der Waals surface area contributed by atoms with Crippen molar-refractivity contribution in [2.45, 2.75) is 19.4 Å². The van der Waals surface area contributed by atoms with Crippen LogP contribution >= 0.6 is 27.5 Å². The quantitative estimate of drug-likeness (QED) is 0.922. The predicted octanol–water partition coefficient (Wildman–Crippen LogP) is 3.61. The van der Waals surface area contributed by atoms with Crippen LogP contribution in [-0.4, -0.2) is 18.6 Å². The van der Waals surface area contributed by atoms with E-state index in [1.807, 2.05) is 0 Å². The van der Waals surface area contributed by atoms with E-state index >= 15 is 0 Å². The molecule has 0 aliphatic carbocycles. The van der Waals surface area contributed by atoms with Crippen LogP contribution in [0.15, 0.2) is 16.6 Å². The highest BCUT2D eigenvalue weighted by Gasteiger charge is 2.28. The standard InChI is InChI=1S/C11H12BrClFNO2/c1-11(2,17-3)10(16)15-9-7(12)4-6(14)5-8(9)13/h4-5H,1-3H3,(H,15,16). The highest BCUT2D eigenvalue weighted by molar-refractivity contribution is 9.10. The summed E-state index contributed by atoms with van der Waals surface area (Å²) >= 11 is 8.98. The fourth-order valence-electron chi connectivity index (χ4n) is 1.02. The molecule has 0 saturated carbocycles. The second kappa shape index (κ2) is 5.33. The molecule has 0 atom stereocenters. The van der Waals surface area contributed by atoms with E-state index in [1.54, 1.807) is 13.8 Å². The van der Waals surface area contributed by atoms with Crippen molar-refractivity contribution in [2.24, 2.45) is 0 Å². The monoisotopic (exact) mass is 323 g/mol. The van der Waals surface area contributed by atoms with Gasteiger partial charge in [-0.3, -0.25) is 4.79 Å². The second-order valence-electron chi connectivity index (χ2n) is 3.91. The van der Waals surface area contributed by atoms with Crippen LogP contribution in [0.2, 0.25) is 5.02 Å². The number of rotatable bonds is 3. The molecule has 1 amide bonds. The first-order valence-electron chi connectivity index (χ1n) is 4.79. The van der Waals surface area contributed by atoms with Crippen molar-refractivity contribution < 1.29 is 13.9 Å². The van der Waals surface area contributed by atoms with Crippen LogP contribution in [0.4, 0.5) is 10.1 Å². The Balaban J connectivity index is 3.01. The van der Waals surface area contributed by atoms with Gasteiger partial charge in [-0.1, -0.05) is 11.6 Å². The number of ether oxygens (including phenoxy) is 1. The number of anilines is 1. The van der Waals surface area contributed by atoms with Crippen LogP contribution in [0.5, 0.6) is 0 Å². The SMILES string of the molecule is COC(C)(C)C(=O)Nc1c(Cl)cc(F)cc1Br. The molecule has 1 N–H and O–H groups in total. The lowest BCUT2D eigenvalue weighted by molar-refractivity contribution is -0.133. The largest absolute Gasteiger partial charge is 0.369 e. The zero-order valence-corrected chi connectivity index (χ0v) is 11.9. The Morgan fingerprint density at radius 1 is 1.53 bits per heavy atom. The first-order chi connectivity index (χ1) is 7.77. The first kappa shape index (κ1) is 14.4. The van der Waals surface area contributed by atoms with Gasteiger partial charge in [0.15, 0.2) is 0 Å². The lowest BCUT2D eigenvalue weighted by Crippen LogP contribution is -2.39. The highest BCUT2D eigenvalue weighted by Crippen LogP contribution is 2.32. The van der Waals surface area contributed by atoms with E-state index in [4.69, 9.17) is 16.3 Å². The molecule has 0 radical (unpaired) electrons. The Labute approximate surface area is 112 Å². The summed E-state index contributed by atoms with van der Waals surface area (Å²) in [5.74, 6) is -0.847. The third kappa shape index (κ3) is 3.40. The third-order valence-electron chi connectivity index (χ3n) is 2.30. The molecule has 0 spiro atoms. The summed E-state index contributed by atoms with van der Waals surface area (Å²) in [6, 6.07) is 2.35. The smallest absolute Gasteiger partial charge is 0.256 e. The molecule has 94 valence electrons. The number of nitrogens with one attached hydrogen (secondary N) is 1. The predicted molar refractivity (Wildman–Crippen MR) is 68.8 cm³/mol. The van der Waals surface area contributed by atoms with Crippen molar-refractivity contribution in [3.05, 3.63) is 27.4 Å².